The molecule has 5 heteroatoms. The molecule has 0 saturated carbocycles. The second-order valence-electron chi connectivity index (χ2n) is 4.45. The Morgan fingerprint density at radius 1 is 1.53 bits per heavy atom. The van der Waals surface area contributed by atoms with Gasteiger partial charge in [0.25, 0.3) is 0 Å². The Balaban J connectivity index is 2.01. The van der Waals surface area contributed by atoms with Crippen LogP contribution in [0.25, 0.3) is 0 Å². The minimum atomic E-state index is -0.438. The van der Waals surface area contributed by atoms with E-state index in [-0.39, 0.29) is 0 Å². The third kappa shape index (κ3) is 2.74. The summed E-state index contributed by atoms with van der Waals surface area (Å²) in [5.74, 6) is 1.14. The minimum Gasteiger partial charge on any atom is -0.366 e. The molecule has 1 fully saturated rings. The van der Waals surface area contributed by atoms with Crippen LogP contribution in [0, 0.1) is 5.92 Å². The number of anilines is 1. The molecule has 1 atom stereocenters. The fraction of sp³-hybridized carbons (Fsp3) is 0.500. The van der Waals surface area contributed by atoms with Crippen LogP contribution in [-0.4, -0.2) is 30.5 Å². The van der Waals surface area contributed by atoms with Gasteiger partial charge < -0.3 is 16.4 Å². The second kappa shape index (κ2) is 5.14. The number of primary amides is 1. The number of nitrogens with zero attached hydrogens (tertiary/aromatic N) is 2. The normalized spacial score (nSPS) is 19.6. The largest absolute Gasteiger partial charge is 0.366 e. The van der Waals surface area contributed by atoms with E-state index in [0.717, 1.165) is 38.3 Å². The molecule has 1 aromatic heterocycles. The highest BCUT2D eigenvalue weighted by Gasteiger charge is 2.22. The minimum absolute atomic E-state index is 0.438. The van der Waals surface area contributed by atoms with Gasteiger partial charge in [0.05, 0.1) is 5.56 Å². The Labute approximate surface area is 101 Å². The molecule has 5 nitrogen and oxygen atoms in total. The Morgan fingerprint density at radius 2 is 2.35 bits per heavy atom. The average Bonchev–Trinajstić information content (AvgIpc) is 2.78. The Morgan fingerprint density at radius 3 is 2.94 bits per heavy atom. The number of hydrogen-bond donors (Lipinski definition) is 2. The van der Waals surface area contributed by atoms with Crippen molar-refractivity contribution >= 4 is 11.7 Å². The monoisotopic (exact) mass is 234 g/mol. The van der Waals surface area contributed by atoms with Gasteiger partial charge in [0.15, 0.2) is 0 Å². The van der Waals surface area contributed by atoms with Crippen molar-refractivity contribution < 1.29 is 4.79 Å². The van der Waals surface area contributed by atoms with Crippen LogP contribution in [0.3, 0.4) is 0 Å². The van der Waals surface area contributed by atoms with Gasteiger partial charge in [-0.15, -0.1) is 0 Å². The van der Waals surface area contributed by atoms with E-state index < -0.39 is 5.91 Å². The van der Waals surface area contributed by atoms with E-state index >= 15 is 0 Å². The highest BCUT2D eigenvalue weighted by molar-refractivity contribution is 5.92. The number of amides is 1. The van der Waals surface area contributed by atoms with Gasteiger partial charge in [-0.3, -0.25) is 4.79 Å². The van der Waals surface area contributed by atoms with Gasteiger partial charge in [-0.2, -0.15) is 0 Å². The zero-order valence-electron chi connectivity index (χ0n) is 9.80. The first-order valence-electron chi connectivity index (χ1n) is 5.91. The molecule has 4 N–H and O–H groups in total. The molecule has 2 heterocycles. The van der Waals surface area contributed by atoms with Crippen LogP contribution in [0.15, 0.2) is 18.3 Å². The van der Waals surface area contributed by atoms with Crippen molar-refractivity contribution in [3.8, 4) is 0 Å². The van der Waals surface area contributed by atoms with Crippen LogP contribution >= 0.6 is 0 Å². The van der Waals surface area contributed by atoms with Crippen LogP contribution in [0.2, 0.25) is 0 Å². The fourth-order valence-corrected chi connectivity index (χ4v) is 2.23. The molecule has 1 saturated heterocycles. The van der Waals surface area contributed by atoms with Crippen LogP contribution in [0.4, 0.5) is 5.82 Å². The molecule has 0 radical (unpaired) electrons. The van der Waals surface area contributed by atoms with Gasteiger partial charge >= 0.3 is 0 Å². The standard InChI is InChI=1S/C12H18N4O/c13-5-3-9-4-6-16(8-9)11-2-1-10(7-15-11)12(14)17/h1-2,7,9H,3-6,8,13H2,(H2,14,17). The molecule has 0 spiro atoms. The molecule has 1 aromatic rings. The van der Waals surface area contributed by atoms with E-state index in [2.05, 4.69) is 9.88 Å². The molecule has 17 heavy (non-hydrogen) atoms. The third-order valence-corrected chi connectivity index (χ3v) is 3.22. The number of nitrogens with two attached hydrogens (primary N) is 2. The van der Waals surface area contributed by atoms with Crippen LogP contribution in [0.5, 0.6) is 0 Å². The zero-order chi connectivity index (χ0) is 12.3. The summed E-state index contributed by atoms with van der Waals surface area (Å²) in [5.41, 5.74) is 11.2. The summed E-state index contributed by atoms with van der Waals surface area (Å²) in [6.45, 7) is 2.75. The van der Waals surface area contributed by atoms with E-state index in [1.165, 1.54) is 6.20 Å². The first-order valence-corrected chi connectivity index (χ1v) is 5.91. The van der Waals surface area contributed by atoms with Crippen molar-refractivity contribution in [2.45, 2.75) is 12.8 Å². The number of pyridine rings is 1. The van der Waals surface area contributed by atoms with Gasteiger partial charge in [-0.1, -0.05) is 0 Å². The lowest BCUT2D eigenvalue weighted by atomic mass is 10.1. The van der Waals surface area contributed by atoms with E-state index in [9.17, 15) is 4.79 Å². The predicted octanol–water partition coefficient (Wildman–Crippen LogP) is 0.356. The quantitative estimate of drug-likeness (QED) is 0.787. The summed E-state index contributed by atoms with van der Waals surface area (Å²) in [4.78, 5) is 17.4. The van der Waals surface area contributed by atoms with Crippen LogP contribution in [0.1, 0.15) is 23.2 Å². The topological polar surface area (TPSA) is 85.2 Å². The number of hydrogen-bond acceptors (Lipinski definition) is 4. The lowest BCUT2D eigenvalue weighted by Gasteiger charge is -2.17. The first-order chi connectivity index (χ1) is 8.20. The highest BCUT2D eigenvalue weighted by Crippen LogP contribution is 2.23. The van der Waals surface area contributed by atoms with Gasteiger partial charge in [0.2, 0.25) is 5.91 Å². The average molecular weight is 234 g/mol. The maximum atomic E-state index is 10.9. The maximum absolute atomic E-state index is 10.9. The Kier molecular flexibility index (Phi) is 3.58. The van der Waals surface area contributed by atoms with Crippen LogP contribution < -0.4 is 16.4 Å². The number of aromatic nitrogens is 1. The lowest BCUT2D eigenvalue weighted by molar-refractivity contribution is 0.1000. The lowest BCUT2D eigenvalue weighted by Crippen LogP contribution is -2.22. The molecular weight excluding hydrogens is 216 g/mol. The van der Waals surface area contributed by atoms with E-state index in [4.69, 9.17) is 11.5 Å². The molecular formula is C12H18N4O. The summed E-state index contributed by atoms with van der Waals surface area (Å²) in [6.07, 6.45) is 3.76. The molecule has 2 rings (SSSR count). The Bertz CT molecular complexity index is 390. The van der Waals surface area contributed by atoms with E-state index in [0.29, 0.717) is 11.5 Å². The number of carbonyl (C=O) groups excluding carboxylic acids is 1. The van der Waals surface area contributed by atoms with Gasteiger partial charge in [0.1, 0.15) is 5.82 Å². The third-order valence-electron chi connectivity index (χ3n) is 3.22. The van der Waals surface area contributed by atoms with Gasteiger partial charge in [0, 0.05) is 19.3 Å². The molecule has 92 valence electrons. The summed E-state index contributed by atoms with van der Waals surface area (Å²) in [6, 6.07) is 3.58. The fourth-order valence-electron chi connectivity index (χ4n) is 2.23. The Hall–Kier alpha value is -1.62. The van der Waals surface area contributed by atoms with Crippen molar-refractivity contribution in [3.05, 3.63) is 23.9 Å². The maximum Gasteiger partial charge on any atom is 0.250 e. The molecule has 1 unspecified atom stereocenters. The van der Waals surface area contributed by atoms with E-state index in [1.807, 2.05) is 6.07 Å². The second-order valence-corrected chi connectivity index (χ2v) is 4.45. The summed E-state index contributed by atoms with van der Waals surface area (Å²) >= 11 is 0. The first kappa shape index (κ1) is 11.9. The van der Waals surface area contributed by atoms with Crippen molar-refractivity contribution in [1.82, 2.24) is 4.98 Å². The van der Waals surface area contributed by atoms with Crippen LogP contribution in [-0.2, 0) is 0 Å². The molecule has 1 aliphatic heterocycles. The van der Waals surface area contributed by atoms with Gasteiger partial charge in [-0.05, 0) is 37.4 Å². The molecule has 0 bridgehead atoms. The highest BCUT2D eigenvalue weighted by atomic mass is 16.1. The van der Waals surface area contributed by atoms with Crippen molar-refractivity contribution in [1.29, 1.82) is 0 Å². The van der Waals surface area contributed by atoms with Crippen molar-refractivity contribution in [2.24, 2.45) is 17.4 Å². The predicted molar refractivity (Wildman–Crippen MR) is 66.7 cm³/mol. The SMILES string of the molecule is NCCC1CCN(c2ccc(C(N)=O)cn2)C1. The summed E-state index contributed by atoms with van der Waals surface area (Å²) in [5, 5.41) is 0. The number of rotatable bonds is 4. The molecule has 1 aliphatic rings. The van der Waals surface area contributed by atoms with E-state index in [1.54, 1.807) is 6.07 Å². The number of carbonyl (C=O) groups is 1. The zero-order valence-corrected chi connectivity index (χ0v) is 9.80. The van der Waals surface area contributed by atoms with Crippen molar-refractivity contribution in [2.75, 3.05) is 24.5 Å². The summed E-state index contributed by atoms with van der Waals surface area (Å²) < 4.78 is 0. The van der Waals surface area contributed by atoms with Gasteiger partial charge in [-0.25, -0.2) is 4.98 Å². The smallest absolute Gasteiger partial charge is 0.250 e. The molecule has 0 aliphatic carbocycles. The summed E-state index contributed by atoms with van der Waals surface area (Å²) in [7, 11) is 0. The molecule has 0 aromatic carbocycles. The molecule has 1 amide bonds. The van der Waals surface area contributed by atoms with Crippen molar-refractivity contribution in [3.63, 3.8) is 0 Å².